The monoisotopic (exact) mass is 419 g/mol. The fourth-order valence-electron chi connectivity index (χ4n) is 2.78. The molecule has 0 aromatic heterocycles. The number of aliphatic carboxylic acids is 1. The Hall–Kier alpha value is -3.04. The molecule has 8 nitrogen and oxygen atoms in total. The Kier molecular flexibility index (Phi) is 7.24. The van der Waals surface area contributed by atoms with Gasteiger partial charge in [-0.2, -0.15) is 8.42 Å². The van der Waals surface area contributed by atoms with E-state index in [1.807, 2.05) is 35.6 Å². The Morgan fingerprint density at radius 3 is 2.17 bits per heavy atom. The average molecular weight is 419 g/mol. The molecule has 0 spiro atoms. The smallest absolute Gasteiger partial charge is 0.327 e. The molecule has 0 radical (unpaired) electrons. The molecule has 1 amide bonds. The maximum Gasteiger partial charge on any atom is 0.327 e. The van der Waals surface area contributed by atoms with Gasteiger partial charge < -0.3 is 10.4 Å². The SMILES string of the molecule is CC(CC(=O)c1ccccc1-c1ccccc1)C(=O)N[C@@H](CS(=O)(=O)O)C(=O)O. The molecule has 2 aromatic rings. The highest BCUT2D eigenvalue weighted by Gasteiger charge is 2.28. The number of carbonyl (C=O) groups excluding carboxylic acids is 2. The van der Waals surface area contributed by atoms with Gasteiger partial charge in [-0.05, 0) is 11.1 Å². The third kappa shape index (κ3) is 6.51. The van der Waals surface area contributed by atoms with Crippen LogP contribution in [0.1, 0.15) is 23.7 Å². The van der Waals surface area contributed by atoms with Crippen LogP contribution in [-0.2, 0) is 19.7 Å². The van der Waals surface area contributed by atoms with Crippen LogP contribution in [0.2, 0.25) is 0 Å². The van der Waals surface area contributed by atoms with Gasteiger partial charge in [-0.25, -0.2) is 4.79 Å². The Labute approximate surface area is 168 Å². The molecule has 2 rings (SSSR count). The van der Waals surface area contributed by atoms with Gasteiger partial charge in [-0.3, -0.25) is 14.1 Å². The largest absolute Gasteiger partial charge is 0.480 e. The van der Waals surface area contributed by atoms with E-state index < -0.39 is 39.7 Å². The van der Waals surface area contributed by atoms with Crippen LogP contribution in [0.15, 0.2) is 54.6 Å². The zero-order valence-corrected chi connectivity index (χ0v) is 16.4. The minimum absolute atomic E-state index is 0.201. The van der Waals surface area contributed by atoms with Crippen LogP contribution in [-0.4, -0.2) is 47.5 Å². The van der Waals surface area contributed by atoms with Gasteiger partial charge in [-0.1, -0.05) is 61.5 Å². The molecule has 0 aliphatic carbocycles. The summed E-state index contributed by atoms with van der Waals surface area (Å²) in [5, 5.41) is 11.1. The van der Waals surface area contributed by atoms with E-state index in [0.29, 0.717) is 11.1 Å². The number of Topliss-reactive ketones (excluding diaryl/α,β-unsaturated/α-hetero) is 1. The number of carboxylic acid groups (broad SMARTS) is 1. The number of benzene rings is 2. The highest BCUT2D eigenvalue weighted by atomic mass is 32.2. The highest BCUT2D eigenvalue weighted by Crippen LogP contribution is 2.25. The zero-order chi connectivity index (χ0) is 21.6. The van der Waals surface area contributed by atoms with Gasteiger partial charge in [0, 0.05) is 17.9 Å². The third-order valence-electron chi connectivity index (χ3n) is 4.24. The van der Waals surface area contributed by atoms with E-state index in [2.05, 4.69) is 0 Å². The first-order chi connectivity index (χ1) is 13.6. The number of hydrogen-bond acceptors (Lipinski definition) is 5. The van der Waals surface area contributed by atoms with Gasteiger partial charge in [0.15, 0.2) is 5.78 Å². The molecular weight excluding hydrogens is 398 g/mol. The molecule has 0 saturated carbocycles. The van der Waals surface area contributed by atoms with Crippen molar-refractivity contribution in [3.63, 3.8) is 0 Å². The first-order valence-corrected chi connectivity index (χ1v) is 10.4. The predicted octanol–water partition coefficient (Wildman–Crippen LogP) is 2.02. The van der Waals surface area contributed by atoms with Crippen molar-refractivity contribution in [2.24, 2.45) is 5.92 Å². The molecule has 2 atom stereocenters. The first kappa shape index (κ1) is 22.3. The lowest BCUT2D eigenvalue weighted by Crippen LogP contribution is -2.47. The van der Waals surface area contributed by atoms with E-state index in [0.717, 1.165) is 5.56 Å². The second-order valence-electron chi connectivity index (χ2n) is 6.59. The molecule has 0 fully saturated rings. The van der Waals surface area contributed by atoms with Gasteiger partial charge in [-0.15, -0.1) is 0 Å². The van der Waals surface area contributed by atoms with Crippen molar-refractivity contribution < 1.29 is 32.5 Å². The van der Waals surface area contributed by atoms with Crippen LogP contribution < -0.4 is 5.32 Å². The van der Waals surface area contributed by atoms with Gasteiger partial charge in [0.2, 0.25) is 5.91 Å². The molecule has 0 aliphatic rings. The van der Waals surface area contributed by atoms with Crippen molar-refractivity contribution in [3.05, 3.63) is 60.2 Å². The molecule has 154 valence electrons. The lowest BCUT2D eigenvalue weighted by molar-refractivity contribution is -0.141. The highest BCUT2D eigenvalue weighted by molar-refractivity contribution is 7.85. The van der Waals surface area contributed by atoms with Crippen LogP contribution >= 0.6 is 0 Å². The number of amides is 1. The van der Waals surface area contributed by atoms with E-state index >= 15 is 0 Å². The van der Waals surface area contributed by atoms with Crippen molar-refractivity contribution in [1.82, 2.24) is 5.32 Å². The second kappa shape index (κ2) is 9.44. The summed E-state index contributed by atoms with van der Waals surface area (Å²) in [4.78, 5) is 36.2. The van der Waals surface area contributed by atoms with E-state index in [9.17, 15) is 22.8 Å². The molecule has 0 aliphatic heterocycles. The fourth-order valence-corrected chi connectivity index (χ4v) is 3.42. The van der Waals surface area contributed by atoms with E-state index in [1.165, 1.54) is 6.92 Å². The average Bonchev–Trinajstić information content (AvgIpc) is 2.66. The molecule has 29 heavy (non-hydrogen) atoms. The lowest BCUT2D eigenvalue weighted by Gasteiger charge is -2.17. The molecule has 9 heteroatoms. The van der Waals surface area contributed by atoms with Crippen molar-refractivity contribution in [2.45, 2.75) is 19.4 Å². The third-order valence-corrected chi connectivity index (χ3v) is 5.00. The Balaban J connectivity index is 2.13. The molecule has 0 bridgehead atoms. The number of carboxylic acids is 1. The number of nitrogens with one attached hydrogen (secondary N) is 1. The van der Waals surface area contributed by atoms with Crippen LogP contribution in [0, 0.1) is 5.92 Å². The quantitative estimate of drug-likeness (QED) is 0.417. The molecule has 0 saturated heterocycles. The number of hydrogen-bond donors (Lipinski definition) is 3. The van der Waals surface area contributed by atoms with Crippen molar-refractivity contribution in [3.8, 4) is 11.1 Å². The van der Waals surface area contributed by atoms with Gasteiger partial charge in [0.05, 0.1) is 0 Å². The van der Waals surface area contributed by atoms with Crippen LogP contribution in [0.3, 0.4) is 0 Å². The van der Waals surface area contributed by atoms with Gasteiger partial charge in [0.25, 0.3) is 10.1 Å². The van der Waals surface area contributed by atoms with Crippen LogP contribution in [0.25, 0.3) is 11.1 Å². The number of rotatable bonds is 9. The summed E-state index contributed by atoms with van der Waals surface area (Å²) < 4.78 is 30.7. The molecule has 1 unspecified atom stereocenters. The Morgan fingerprint density at radius 1 is 1.00 bits per heavy atom. The standard InChI is InChI=1S/C20H21NO7S/c1-13(19(23)21-17(20(24)25)12-29(26,27)28)11-18(22)16-10-6-5-9-15(16)14-7-3-2-4-8-14/h2-10,13,17H,11-12H2,1H3,(H,21,23)(H,24,25)(H,26,27,28)/t13?,17-/m0/s1. The van der Waals surface area contributed by atoms with Crippen molar-refractivity contribution in [1.29, 1.82) is 0 Å². The lowest BCUT2D eigenvalue weighted by atomic mass is 9.92. The number of ketones is 1. The summed E-state index contributed by atoms with van der Waals surface area (Å²) in [6.07, 6.45) is -0.201. The molecular formula is C20H21NO7S. The summed E-state index contributed by atoms with van der Waals surface area (Å²) in [7, 11) is -4.60. The summed E-state index contributed by atoms with van der Waals surface area (Å²) >= 11 is 0. The fraction of sp³-hybridized carbons (Fsp3) is 0.250. The summed E-state index contributed by atoms with van der Waals surface area (Å²) in [6, 6.07) is 14.4. The van der Waals surface area contributed by atoms with E-state index in [1.54, 1.807) is 24.3 Å². The van der Waals surface area contributed by atoms with Gasteiger partial charge >= 0.3 is 5.97 Å². The van der Waals surface area contributed by atoms with E-state index in [4.69, 9.17) is 9.66 Å². The Bertz CT molecular complexity index is 1000. The van der Waals surface area contributed by atoms with Crippen LogP contribution in [0.4, 0.5) is 0 Å². The normalized spacial score (nSPS) is 13.3. The topological polar surface area (TPSA) is 138 Å². The predicted molar refractivity (Wildman–Crippen MR) is 106 cm³/mol. The molecule has 2 aromatic carbocycles. The summed E-state index contributed by atoms with van der Waals surface area (Å²) in [5.74, 6) is -4.79. The maximum atomic E-state index is 12.8. The maximum absolute atomic E-state index is 12.8. The van der Waals surface area contributed by atoms with Crippen LogP contribution in [0.5, 0.6) is 0 Å². The first-order valence-electron chi connectivity index (χ1n) is 8.74. The zero-order valence-electron chi connectivity index (χ0n) is 15.6. The minimum Gasteiger partial charge on any atom is -0.480 e. The van der Waals surface area contributed by atoms with E-state index in [-0.39, 0.29) is 12.2 Å². The van der Waals surface area contributed by atoms with Crippen molar-refractivity contribution in [2.75, 3.05) is 5.75 Å². The van der Waals surface area contributed by atoms with Crippen molar-refractivity contribution >= 4 is 27.8 Å². The number of carbonyl (C=O) groups is 3. The second-order valence-corrected chi connectivity index (χ2v) is 8.09. The Morgan fingerprint density at radius 2 is 1.59 bits per heavy atom. The molecule has 0 heterocycles. The summed E-state index contributed by atoms with van der Waals surface area (Å²) in [5.41, 5.74) is 1.97. The molecule has 3 N–H and O–H groups in total. The van der Waals surface area contributed by atoms with Gasteiger partial charge in [0.1, 0.15) is 11.8 Å². The minimum atomic E-state index is -4.60. The summed E-state index contributed by atoms with van der Waals surface area (Å²) in [6.45, 7) is 1.44.